The van der Waals surface area contributed by atoms with E-state index in [4.69, 9.17) is 11.6 Å². The highest BCUT2D eigenvalue weighted by atomic mass is 35.5. The van der Waals surface area contributed by atoms with Crippen molar-refractivity contribution in [3.63, 3.8) is 0 Å². The molecule has 0 saturated heterocycles. The second kappa shape index (κ2) is 7.03. The van der Waals surface area contributed by atoms with Crippen molar-refractivity contribution in [1.82, 2.24) is 10.0 Å². The number of nitrogens with one attached hydrogen (secondary N) is 2. The molecular weight excluding hydrogens is 240 g/mol. The van der Waals surface area contributed by atoms with Crippen LogP contribution in [0.5, 0.6) is 0 Å². The van der Waals surface area contributed by atoms with Crippen molar-refractivity contribution in [3.05, 3.63) is 0 Å². The number of sulfonamides is 1. The minimum absolute atomic E-state index is 0.00449. The van der Waals surface area contributed by atoms with Crippen molar-refractivity contribution in [2.75, 3.05) is 18.2 Å². The van der Waals surface area contributed by atoms with Crippen molar-refractivity contribution in [2.24, 2.45) is 0 Å². The van der Waals surface area contributed by atoms with Gasteiger partial charge in [0.05, 0.1) is 12.3 Å². The minimum Gasteiger partial charge on any atom is -0.353 e. The highest BCUT2D eigenvalue weighted by molar-refractivity contribution is 7.89. The molecule has 0 radical (unpaired) electrons. The van der Waals surface area contributed by atoms with Crippen molar-refractivity contribution in [2.45, 2.75) is 26.3 Å². The van der Waals surface area contributed by atoms with Gasteiger partial charge in [-0.1, -0.05) is 0 Å². The number of carbonyl (C=O) groups excluding carboxylic acids is 1. The Morgan fingerprint density at radius 1 is 1.40 bits per heavy atom. The normalized spacial score (nSPS) is 11.7. The SMILES string of the molecule is CC(C)NC(=O)CNS(=O)(=O)CCCCl. The molecule has 1 amide bonds. The lowest BCUT2D eigenvalue weighted by molar-refractivity contribution is -0.120. The third kappa shape index (κ3) is 8.65. The third-order valence-corrected chi connectivity index (χ3v) is 3.13. The molecule has 0 fully saturated rings. The van der Waals surface area contributed by atoms with Gasteiger partial charge >= 0.3 is 0 Å². The van der Waals surface area contributed by atoms with Gasteiger partial charge in [-0.15, -0.1) is 11.6 Å². The second-order valence-electron chi connectivity index (χ2n) is 3.40. The maximum absolute atomic E-state index is 11.2. The van der Waals surface area contributed by atoms with E-state index in [0.717, 1.165) is 0 Å². The summed E-state index contributed by atoms with van der Waals surface area (Å²) in [5.74, 6) is -0.0932. The minimum atomic E-state index is -3.37. The van der Waals surface area contributed by atoms with Crippen LogP contribution >= 0.6 is 11.6 Å². The Bertz CT molecular complexity index is 290. The predicted octanol–water partition coefficient (Wildman–Crippen LogP) is 0.0593. The summed E-state index contributed by atoms with van der Waals surface area (Å²) >= 11 is 5.37. The average Bonchev–Trinajstić information content (AvgIpc) is 2.11. The van der Waals surface area contributed by atoms with Crippen LogP contribution in [0.2, 0.25) is 0 Å². The van der Waals surface area contributed by atoms with E-state index in [2.05, 4.69) is 10.0 Å². The van der Waals surface area contributed by atoms with Crippen LogP contribution in [0.1, 0.15) is 20.3 Å². The summed E-state index contributed by atoms with van der Waals surface area (Å²) < 4.78 is 24.7. The van der Waals surface area contributed by atoms with Crippen molar-refractivity contribution in [3.8, 4) is 0 Å². The van der Waals surface area contributed by atoms with Crippen LogP contribution in [0.3, 0.4) is 0 Å². The number of hydrogen-bond acceptors (Lipinski definition) is 3. The average molecular weight is 257 g/mol. The first-order valence-corrected chi connectivity index (χ1v) is 6.88. The highest BCUT2D eigenvalue weighted by Crippen LogP contribution is 1.91. The van der Waals surface area contributed by atoms with E-state index in [1.807, 2.05) is 0 Å². The standard InChI is InChI=1S/C8H17ClN2O3S/c1-7(2)11-8(12)6-10-15(13,14)5-3-4-9/h7,10H,3-6H2,1-2H3,(H,11,12). The lowest BCUT2D eigenvalue weighted by Gasteiger charge is -2.09. The van der Waals surface area contributed by atoms with Gasteiger partial charge in [-0.3, -0.25) is 4.79 Å². The molecule has 0 aliphatic carbocycles. The number of alkyl halides is 1. The molecule has 5 nitrogen and oxygen atoms in total. The van der Waals surface area contributed by atoms with Gasteiger partial charge in [-0.2, -0.15) is 0 Å². The van der Waals surface area contributed by atoms with E-state index in [1.54, 1.807) is 13.8 Å². The first-order chi connectivity index (χ1) is 6.87. The van der Waals surface area contributed by atoms with Crippen LogP contribution in [0, 0.1) is 0 Å². The zero-order chi connectivity index (χ0) is 11.9. The van der Waals surface area contributed by atoms with Crippen LogP contribution in [-0.2, 0) is 14.8 Å². The molecule has 7 heteroatoms. The molecule has 0 aliphatic heterocycles. The van der Waals surface area contributed by atoms with Gasteiger partial charge in [-0.25, -0.2) is 13.1 Å². The van der Waals surface area contributed by atoms with Gasteiger partial charge in [0.15, 0.2) is 0 Å². The molecule has 0 atom stereocenters. The molecule has 2 N–H and O–H groups in total. The second-order valence-corrected chi connectivity index (χ2v) is 5.71. The number of hydrogen-bond donors (Lipinski definition) is 2. The van der Waals surface area contributed by atoms with Gasteiger partial charge in [-0.05, 0) is 20.3 Å². The third-order valence-electron chi connectivity index (χ3n) is 1.45. The molecule has 0 aromatic carbocycles. The fourth-order valence-electron chi connectivity index (χ4n) is 0.865. The molecule has 0 rings (SSSR count). The van der Waals surface area contributed by atoms with Crippen LogP contribution in [0.25, 0.3) is 0 Å². The van der Waals surface area contributed by atoms with Gasteiger partial charge in [0.2, 0.25) is 15.9 Å². The molecular formula is C8H17ClN2O3S. The van der Waals surface area contributed by atoms with E-state index in [1.165, 1.54) is 0 Å². The zero-order valence-electron chi connectivity index (χ0n) is 8.92. The van der Waals surface area contributed by atoms with Gasteiger partial charge < -0.3 is 5.32 Å². The lowest BCUT2D eigenvalue weighted by Crippen LogP contribution is -2.40. The van der Waals surface area contributed by atoms with Gasteiger partial charge in [0.1, 0.15) is 0 Å². The Morgan fingerprint density at radius 3 is 2.47 bits per heavy atom. The van der Waals surface area contributed by atoms with Gasteiger partial charge in [0, 0.05) is 11.9 Å². The summed E-state index contributed by atoms with van der Waals surface area (Å²) in [7, 11) is -3.37. The Balaban J connectivity index is 3.88. The van der Waals surface area contributed by atoms with E-state index >= 15 is 0 Å². The maximum atomic E-state index is 11.2. The molecule has 0 aromatic rings. The fraction of sp³-hybridized carbons (Fsp3) is 0.875. The smallest absolute Gasteiger partial charge is 0.235 e. The quantitative estimate of drug-likeness (QED) is 0.633. The van der Waals surface area contributed by atoms with Crippen LogP contribution in [-0.4, -0.2) is 38.5 Å². The Hall–Kier alpha value is -0.330. The summed E-state index contributed by atoms with van der Waals surface area (Å²) in [6, 6.07) is 0.00449. The molecule has 0 heterocycles. The molecule has 0 unspecified atom stereocenters. The first-order valence-electron chi connectivity index (χ1n) is 4.70. The number of carbonyl (C=O) groups is 1. The summed E-state index contributed by atoms with van der Waals surface area (Å²) in [6.07, 6.45) is 0.378. The molecule has 0 aromatic heterocycles. The molecule has 15 heavy (non-hydrogen) atoms. The Labute approximate surface area is 95.6 Å². The number of rotatable bonds is 7. The van der Waals surface area contributed by atoms with Gasteiger partial charge in [0.25, 0.3) is 0 Å². The van der Waals surface area contributed by atoms with E-state index < -0.39 is 10.0 Å². The molecule has 0 saturated carbocycles. The van der Waals surface area contributed by atoms with E-state index in [9.17, 15) is 13.2 Å². The van der Waals surface area contributed by atoms with Crippen molar-refractivity contribution < 1.29 is 13.2 Å². The monoisotopic (exact) mass is 256 g/mol. The van der Waals surface area contributed by atoms with Crippen molar-refractivity contribution in [1.29, 1.82) is 0 Å². The van der Waals surface area contributed by atoms with Crippen molar-refractivity contribution >= 4 is 27.5 Å². The summed E-state index contributed by atoms with van der Waals surface area (Å²) in [6.45, 7) is 3.39. The van der Waals surface area contributed by atoms with Crippen LogP contribution in [0.4, 0.5) is 0 Å². The Kier molecular flexibility index (Phi) is 6.87. The summed E-state index contributed by atoms with van der Waals surface area (Å²) in [5.41, 5.74) is 0. The summed E-state index contributed by atoms with van der Waals surface area (Å²) in [5, 5.41) is 2.58. The van der Waals surface area contributed by atoms with Crippen LogP contribution < -0.4 is 10.0 Å². The topological polar surface area (TPSA) is 75.3 Å². The zero-order valence-corrected chi connectivity index (χ0v) is 10.5. The first kappa shape index (κ1) is 14.7. The van der Waals surface area contributed by atoms with E-state index in [-0.39, 0.29) is 24.2 Å². The van der Waals surface area contributed by atoms with E-state index in [0.29, 0.717) is 12.3 Å². The molecule has 0 bridgehead atoms. The lowest BCUT2D eigenvalue weighted by atomic mass is 10.4. The number of amides is 1. The number of halogens is 1. The fourth-order valence-corrected chi connectivity index (χ4v) is 2.18. The molecule has 0 spiro atoms. The largest absolute Gasteiger partial charge is 0.353 e. The summed E-state index contributed by atoms with van der Waals surface area (Å²) in [4.78, 5) is 11.1. The highest BCUT2D eigenvalue weighted by Gasteiger charge is 2.11. The Morgan fingerprint density at radius 2 is 2.00 bits per heavy atom. The maximum Gasteiger partial charge on any atom is 0.235 e. The molecule has 0 aliphatic rings. The van der Waals surface area contributed by atoms with Crippen LogP contribution in [0.15, 0.2) is 0 Å². The predicted molar refractivity (Wildman–Crippen MR) is 60.4 cm³/mol. The molecule has 90 valence electrons.